The Bertz CT molecular complexity index is 829. The summed E-state index contributed by atoms with van der Waals surface area (Å²) in [4.78, 5) is 26.6. The zero-order valence-corrected chi connectivity index (χ0v) is 16.4. The number of nitrogens with zero attached hydrogens (tertiary/aromatic N) is 1. The molecular formula is C22H27N3O3. The largest absolute Gasteiger partial charge is 0.495 e. The number of piperidine rings is 1. The number of methoxy groups -OCH3 is 1. The normalized spacial score (nSPS) is 14.4. The minimum atomic E-state index is -0.119. The second-order valence-electron chi connectivity index (χ2n) is 7.14. The molecule has 1 aliphatic heterocycles. The maximum atomic E-state index is 12.5. The highest BCUT2D eigenvalue weighted by atomic mass is 16.5. The van der Waals surface area contributed by atoms with Crippen molar-refractivity contribution in [3.05, 3.63) is 59.7 Å². The van der Waals surface area contributed by atoms with Crippen molar-refractivity contribution in [3.63, 3.8) is 0 Å². The molecular weight excluding hydrogens is 354 g/mol. The van der Waals surface area contributed by atoms with Crippen molar-refractivity contribution in [2.75, 3.05) is 32.1 Å². The Labute approximate surface area is 165 Å². The van der Waals surface area contributed by atoms with E-state index in [0.717, 1.165) is 18.4 Å². The number of para-hydroxylation sites is 2. The van der Waals surface area contributed by atoms with Crippen LogP contribution < -0.4 is 15.4 Å². The summed E-state index contributed by atoms with van der Waals surface area (Å²) in [6.07, 6.45) is 1.74. The second-order valence-corrected chi connectivity index (χ2v) is 7.14. The Kier molecular flexibility index (Phi) is 6.53. The highest BCUT2D eigenvalue weighted by Gasteiger charge is 2.23. The first kappa shape index (κ1) is 19.7. The molecule has 0 radical (unpaired) electrons. The lowest BCUT2D eigenvalue weighted by Crippen LogP contribution is -2.43. The van der Waals surface area contributed by atoms with Gasteiger partial charge in [0.2, 0.25) is 0 Å². The predicted molar refractivity (Wildman–Crippen MR) is 110 cm³/mol. The predicted octanol–water partition coefficient (Wildman–Crippen LogP) is 3.68. The van der Waals surface area contributed by atoms with E-state index in [1.54, 1.807) is 7.11 Å². The van der Waals surface area contributed by atoms with Crippen LogP contribution in [-0.4, -0.2) is 43.6 Å². The number of nitrogens with one attached hydrogen (secondary N) is 2. The number of rotatable bonds is 5. The first-order valence-electron chi connectivity index (χ1n) is 9.60. The SMILES string of the molecule is COc1ccccc1NC(=O)N1CCC(CNC(=O)c2cccc(C)c2)CC1. The minimum Gasteiger partial charge on any atom is -0.495 e. The fourth-order valence-corrected chi connectivity index (χ4v) is 3.41. The highest BCUT2D eigenvalue weighted by molar-refractivity contribution is 5.94. The number of anilines is 1. The standard InChI is InChI=1S/C22H27N3O3/c1-16-6-5-7-18(14-16)21(26)23-15-17-10-12-25(13-11-17)22(27)24-19-8-3-4-9-20(19)28-2/h3-9,14,17H,10-13,15H2,1-2H3,(H,23,26)(H,24,27). The zero-order chi connectivity index (χ0) is 19.9. The van der Waals surface area contributed by atoms with Gasteiger partial charge in [-0.25, -0.2) is 4.79 Å². The fourth-order valence-electron chi connectivity index (χ4n) is 3.41. The van der Waals surface area contributed by atoms with Crippen LogP contribution in [0, 0.1) is 12.8 Å². The van der Waals surface area contributed by atoms with Gasteiger partial charge in [-0.3, -0.25) is 4.79 Å². The van der Waals surface area contributed by atoms with Gasteiger partial charge in [-0.15, -0.1) is 0 Å². The molecule has 28 heavy (non-hydrogen) atoms. The van der Waals surface area contributed by atoms with Gasteiger partial charge in [0.05, 0.1) is 12.8 Å². The van der Waals surface area contributed by atoms with Gasteiger partial charge < -0.3 is 20.3 Å². The summed E-state index contributed by atoms with van der Waals surface area (Å²) in [5.74, 6) is 0.980. The van der Waals surface area contributed by atoms with E-state index >= 15 is 0 Å². The van der Waals surface area contributed by atoms with Crippen LogP contribution in [0.15, 0.2) is 48.5 Å². The topological polar surface area (TPSA) is 70.7 Å². The van der Waals surface area contributed by atoms with Crippen molar-refractivity contribution in [2.45, 2.75) is 19.8 Å². The van der Waals surface area contributed by atoms with Gasteiger partial charge in [-0.05, 0) is 49.9 Å². The van der Waals surface area contributed by atoms with Crippen molar-refractivity contribution >= 4 is 17.6 Å². The number of benzene rings is 2. The first-order valence-corrected chi connectivity index (χ1v) is 9.60. The third kappa shape index (κ3) is 5.03. The van der Waals surface area contributed by atoms with Crippen molar-refractivity contribution in [2.24, 2.45) is 5.92 Å². The van der Waals surface area contributed by atoms with Gasteiger partial charge in [0, 0.05) is 25.2 Å². The molecule has 0 aliphatic carbocycles. The molecule has 0 unspecified atom stereocenters. The van der Waals surface area contributed by atoms with Crippen molar-refractivity contribution in [1.82, 2.24) is 10.2 Å². The lowest BCUT2D eigenvalue weighted by molar-refractivity contribution is 0.0938. The van der Waals surface area contributed by atoms with Crippen LogP contribution in [0.4, 0.5) is 10.5 Å². The molecule has 1 saturated heterocycles. The molecule has 0 aromatic heterocycles. The number of hydrogen-bond donors (Lipinski definition) is 2. The summed E-state index contributed by atoms with van der Waals surface area (Å²) in [7, 11) is 1.58. The number of carbonyl (C=O) groups is 2. The molecule has 6 nitrogen and oxygen atoms in total. The highest BCUT2D eigenvalue weighted by Crippen LogP contribution is 2.24. The maximum absolute atomic E-state index is 12.5. The van der Waals surface area contributed by atoms with E-state index in [4.69, 9.17) is 4.74 Å². The Morgan fingerprint density at radius 3 is 2.57 bits per heavy atom. The molecule has 0 spiro atoms. The molecule has 3 rings (SSSR count). The Morgan fingerprint density at radius 1 is 1.11 bits per heavy atom. The van der Waals surface area contributed by atoms with E-state index in [9.17, 15) is 9.59 Å². The van der Waals surface area contributed by atoms with Gasteiger partial charge in [0.25, 0.3) is 5.91 Å². The summed E-state index contributed by atoms with van der Waals surface area (Å²) >= 11 is 0. The number of carbonyl (C=O) groups excluding carboxylic acids is 2. The lowest BCUT2D eigenvalue weighted by atomic mass is 9.97. The molecule has 1 fully saturated rings. The molecule has 1 aliphatic rings. The van der Waals surface area contributed by atoms with Gasteiger partial charge >= 0.3 is 6.03 Å². The van der Waals surface area contributed by atoms with E-state index in [1.807, 2.05) is 60.4 Å². The molecule has 2 N–H and O–H groups in total. The van der Waals surface area contributed by atoms with Gasteiger partial charge in [-0.2, -0.15) is 0 Å². The molecule has 2 aromatic carbocycles. The number of amides is 3. The van der Waals surface area contributed by atoms with E-state index < -0.39 is 0 Å². The van der Waals surface area contributed by atoms with Gasteiger partial charge in [0.1, 0.15) is 5.75 Å². The van der Waals surface area contributed by atoms with E-state index in [1.165, 1.54) is 0 Å². The molecule has 3 amide bonds. The Morgan fingerprint density at radius 2 is 1.86 bits per heavy atom. The summed E-state index contributed by atoms with van der Waals surface area (Å²) in [6.45, 7) is 3.95. The first-order chi connectivity index (χ1) is 13.6. The molecule has 1 heterocycles. The molecule has 0 saturated carbocycles. The molecule has 2 aromatic rings. The number of likely N-dealkylation sites (tertiary alicyclic amines) is 1. The summed E-state index contributed by atoms with van der Waals surface area (Å²) in [5, 5.41) is 5.94. The molecule has 0 atom stereocenters. The second kappa shape index (κ2) is 9.26. The molecule has 148 valence electrons. The number of urea groups is 1. The van der Waals surface area contributed by atoms with Crippen LogP contribution in [0.1, 0.15) is 28.8 Å². The average molecular weight is 381 g/mol. The van der Waals surface area contributed by atoms with Crippen LogP contribution >= 0.6 is 0 Å². The molecule has 6 heteroatoms. The Hall–Kier alpha value is -3.02. The van der Waals surface area contributed by atoms with Crippen LogP contribution in [-0.2, 0) is 0 Å². The van der Waals surface area contributed by atoms with E-state index in [0.29, 0.717) is 42.6 Å². The van der Waals surface area contributed by atoms with Crippen LogP contribution in [0.25, 0.3) is 0 Å². The smallest absolute Gasteiger partial charge is 0.321 e. The summed E-state index contributed by atoms with van der Waals surface area (Å²) in [5.41, 5.74) is 2.43. The lowest BCUT2D eigenvalue weighted by Gasteiger charge is -2.32. The van der Waals surface area contributed by atoms with E-state index in [-0.39, 0.29) is 11.9 Å². The zero-order valence-electron chi connectivity index (χ0n) is 16.4. The van der Waals surface area contributed by atoms with Gasteiger partial charge in [-0.1, -0.05) is 29.8 Å². The van der Waals surface area contributed by atoms with Crippen LogP contribution in [0.2, 0.25) is 0 Å². The van der Waals surface area contributed by atoms with Crippen molar-refractivity contribution in [3.8, 4) is 5.75 Å². The Balaban J connectivity index is 1.45. The number of hydrogen-bond acceptors (Lipinski definition) is 3. The number of ether oxygens (including phenoxy) is 1. The van der Waals surface area contributed by atoms with Gasteiger partial charge in [0.15, 0.2) is 0 Å². The van der Waals surface area contributed by atoms with Crippen molar-refractivity contribution in [1.29, 1.82) is 0 Å². The third-order valence-electron chi connectivity index (χ3n) is 5.08. The maximum Gasteiger partial charge on any atom is 0.321 e. The van der Waals surface area contributed by atoms with Crippen LogP contribution in [0.5, 0.6) is 5.75 Å². The number of aryl methyl sites for hydroxylation is 1. The van der Waals surface area contributed by atoms with Crippen molar-refractivity contribution < 1.29 is 14.3 Å². The average Bonchev–Trinajstić information content (AvgIpc) is 2.72. The minimum absolute atomic E-state index is 0.0416. The van der Waals surface area contributed by atoms with Crippen LogP contribution in [0.3, 0.4) is 0 Å². The monoisotopic (exact) mass is 381 g/mol. The fraction of sp³-hybridized carbons (Fsp3) is 0.364. The third-order valence-corrected chi connectivity index (χ3v) is 5.08. The molecule has 0 bridgehead atoms. The van der Waals surface area contributed by atoms with E-state index in [2.05, 4.69) is 10.6 Å². The quantitative estimate of drug-likeness (QED) is 0.830. The summed E-state index contributed by atoms with van der Waals surface area (Å²) < 4.78 is 5.28. The summed E-state index contributed by atoms with van der Waals surface area (Å²) in [6, 6.07) is 14.8.